The number of ketones is 2. The van der Waals surface area contributed by atoms with Crippen LogP contribution >= 0.6 is 11.8 Å². The van der Waals surface area contributed by atoms with Crippen molar-refractivity contribution in [3.05, 3.63) is 63.8 Å². The molecule has 216 valence electrons. The number of nitrogens with zero attached hydrogens (tertiary/aromatic N) is 1. The molecule has 4 aliphatic rings. The van der Waals surface area contributed by atoms with Crippen molar-refractivity contribution < 1.29 is 43.9 Å². The average Bonchev–Trinajstić information content (AvgIpc) is 3.25. The summed E-state index contributed by atoms with van der Waals surface area (Å²) in [6, 6.07) is 7.13. The lowest BCUT2D eigenvalue weighted by atomic mass is 9.78. The van der Waals surface area contributed by atoms with E-state index in [4.69, 9.17) is 14.2 Å². The Morgan fingerprint density at radius 3 is 2.63 bits per heavy atom. The minimum absolute atomic E-state index is 0.00382. The third-order valence-corrected chi connectivity index (χ3v) is 8.79. The molecule has 0 spiro atoms. The van der Waals surface area contributed by atoms with Crippen LogP contribution < -0.4 is 4.74 Å². The Kier molecular flexibility index (Phi) is 7.09. The van der Waals surface area contributed by atoms with Gasteiger partial charge in [0.05, 0.1) is 23.3 Å². The molecule has 3 aliphatic heterocycles. The van der Waals surface area contributed by atoms with E-state index in [9.17, 15) is 29.7 Å². The maximum Gasteiger partial charge on any atom is 0.331 e. The van der Waals surface area contributed by atoms with Crippen LogP contribution in [0.1, 0.15) is 69.8 Å². The Morgan fingerprint density at radius 2 is 1.90 bits per heavy atom. The number of hydrogen-bond acceptors (Lipinski definition) is 11. The quantitative estimate of drug-likeness (QED) is 0.342. The molecule has 2 saturated heterocycles. The minimum Gasteiger partial charge on any atom is -0.507 e. The number of esters is 1. The monoisotopic (exact) mass is 581 g/mol. The molecule has 2 aromatic carbocycles. The highest BCUT2D eigenvalue weighted by Gasteiger charge is 2.53. The second kappa shape index (κ2) is 10.5. The largest absolute Gasteiger partial charge is 0.507 e. The number of aryl methyl sites for hydroxylation is 1. The first-order valence-corrected chi connectivity index (χ1v) is 15.0. The van der Waals surface area contributed by atoms with Gasteiger partial charge in [0, 0.05) is 23.1 Å². The number of aliphatic hydroxyl groups is 2. The molecule has 0 amide bonds. The highest BCUT2D eigenvalue weighted by molar-refractivity contribution is 7.98. The molecule has 3 heterocycles. The molecule has 41 heavy (non-hydrogen) atoms. The van der Waals surface area contributed by atoms with E-state index in [1.54, 1.807) is 42.6 Å². The van der Waals surface area contributed by atoms with Crippen LogP contribution in [0.3, 0.4) is 0 Å². The second-order valence-electron chi connectivity index (χ2n) is 10.8. The van der Waals surface area contributed by atoms with Crippen molar-refractivity contribution in [3.8, 4) is 11.5 Å². The number of rotatable bonds is 6. The van der Waals surface area contributed by atoms with Gasteiger partial charge >= 0.3 is 5.97 Å². The Morgan fingerprint density at radius 1 is 1.12 bits per heavy atom. The number of thioether (sulfide) groups is 1. The van der Waals surface area contributed by atoms with Crippen molar-refractivity contribution in [2.24, 2.45) is 0 Å². The first-order valence-electron chi connectivity index (χ1n) is 13.6. The zero-order valence-corrected chi connectivity index (χ0v) is 23.6. The van der Waals surface area contributed by atoms with Gasteiger partial charge in [-0.2, -0.15) is 11.8 Å². The van der Waals surface area contributed by atoms with Gasteiger partial charge in [-0.1, -0.05) is 12.1 Å². The number of aliphatic hydroxyl groups excluding tert-OH is 2. The van der Waals surface area contributed by atoms with Crippen molar-refractivity contribution in [2.45, 2.75) is 70.0 Å². The van der Waals surface area contributed by atoms with E-state index in [2.05, 4.69) is 0 Å². The first kappa shape index (κ1) is 27.8. The van der Waals surface area contributed by atoms with Crippen LogP contribution in [-0.2, 0) is 14.3 Å². The van der Waals surface area contributed by atoms with Crippen molar-refractivity contribution >= 4 is 34.9 Å². The van der Waals surface area contributed by atoms with Gasteiger partial charge in [-0.15, -0.1) is 0 Å². The number of aromatic hydroxyl groups is 1. The van der Waals surface area contributed by atoms with Crippen molar-refractivity contribution in [1.82, 2.24) is 4.90 Å². The highest BCUT2D eigenvalue weighted by Crippen LogP contribution is 2.52. The van der Waals surface area contributed by atoms with Crippen LogP contribution in [0.15, 0.2) is 36.0 Å². The highest BCUT2D eigenvalue weighted by atomic mass is 32.2. The van der Waals surface area contributed by atoms with Gasteiger partial charge in [-0.25, -0.2) is 4.79 Å². The van der Waals surface area contributed by atoms with Crippen molar-refractivity contribution in [2.75, 3.05) is 12.0 Å². The Labute approximate surface area is 240 Å². The summed E-state index contributed by atoms with van der Waals surface area (Å²) in [6.45, 7) is 3.39. The van der Waals surface area contributed by atoms with Crippen LogP contribution in [0.5, 0.6) is 11.5 Å². The summed E-state index contributed by atoms with van der Waals surface area (Å²) < 4.78 is 17.6. The van der Waals surface area contributed by atoms with E-state index in [-0.39, 0.29) is 45.9 Å². The number of allylic oxidation sites excluding steroid dienone is 2. The summed E-state index contributed by atoms with van der Waals surface area (Å²) >= 11 is 1.64. The van der Waals surface area contributed by atoms with Crippen LogP contribution in [0.2, 0.25) is 0 Å². The van der Waals surface area contributed by atoms with Crippen LogP contribution in [0.4, 0.5) is 0 Å². The molecular formula is C30H31NO9S. The summed E-state index contributed by atoms with van der Waals surface area (Å²) in [6.07, 6.45) is -1.81. The molecule has 10 nitrogen and oxygen atoms in total. The fourth-order valence-electron chi connectivity index (χ4n) is 6.20. The molecule has 5 unspecified atom stereocenters. The number of phenols is 1. The fraction of sp³-hybridized carbons (Fsp3) is 0.433. The van der Waals surface area contributed by atoms with Crippen LogP contribution in [0.25, 0.3) is 5.57 Å². The molecular weight excluding hydrogens is 550 g/mol. The maximum atomic E-state index is 14.4. The summed E-state index contributed by atoms with van der Waals surface area (Å²) in [4.78, 5) is 43.4. The molecule has 11 heteroatoms. The van der Waals surface area contributed by atoms with Crippen molar-refractivity contribution in [1.29, 1.82) is 0 Å². The molecule has 0 saturated carbocycles. The van der Waals surface area contributed by atoms with E-state index < -0.39 is 54.4 Å². The van der Waals surface area contributed by atoms with Gasteiger partial charge in [0.15, 0.2) is 5.78 Å². The van der Waals surface area contributed by atoms with E-state index in [0.29, 0.717) is 24.0 Å². The number of carbonyl (C=O) groups is 3. The number of hydrogen-bond donors (Lipinski definition) is 3. The smallest absolute Gasteiger partial charge is 0.331 e. The Balaban J connectivity index is 1.48. The number of phenolic OH excluding ortho intramolecular Hbond substituents is 1. The average molecular weight is 582 g/mol. The molecule has 2 fully saturated rings. The SMILES string of the molecule is CSCCC[C@@H]1C(=O)OC2c3cc(C)cc(O)c3C3=C(C(=O)c4c(OC5CC(O)C(O)C(C)O5)cccc4C3=O)N21. The van der Waals surface area contributed by atoms with Gasteiger partial charge in [-0.05, 0) is 62.5 Å². The Hall–Kier alpha value is -3.38. The predicted molar refractivity (Wildman–Crippen MR) is 149 cm³/mol. The zero-order chi connectivity index (χ0) is 29.2. The number of fused-ring (bicyclic) bond motifs is 6. The molecule has 6 rings (SSSR count). The first-order chi connectivity index (χ1) is 19.6. The van der Waals surface area contributed by atoms with E-state index in [0.717, 1.165) is 5.75 Å². The third kappa shape index (κ3) is 4.42. The standard InChI is InChI=1S/C30H31NO9S/c1-13-10-16-22(18(32)11-13)24-25(31-17(7-5-9-41-3)30(37)40-29(16)31)28(36)23-15(27(24)35)6-4-8-20(23)39-21-12-19(33)26(34)14(2)38-21/h4,6,8,10-11,14,17,19,21,26,29,32-34H,5,7,9,12H2,1-3H3/t14?,17-,19?,21?,26?,29?/m1/s1. The number of carbonyl (C=O) groups excluding carboxylic acids is 3. The van der Waals surface area contributed by atoms with Gasteiger partial charge < -0.3 is 34.4 Å². The van der Waals surface area contributed by atoms with Crippen LogP contribution in [0, 0.1) is 6.92 Å². The van der Waals surface area contributed by atoms with Gasteiger partial charge in [0.2, 0.25) is 18.3 Å². The lowest BCUT2D eigenvalue weighted by Gasteiger charge is -2.39. The van der Waals surface area contributed by atoms with Gasteiger partial charge in [-0.3, -0.25) is 9.59 Å². The second-order valence-corrected chi connectivity index (χ2v) is 11.8. The number of benzene rings is 2. The Bertz CT molecular complexity index is 1470. The fourth-order valence-corrected chi connectivity index (χ4v) is 6.65. The molecule has 0 bridgehead atoms. The summed E-state index contributed by atoms with van der Waals surface area (Å²) in [7, 11) is 0. The summed E-state index contributed by atoms with van der Waals surface area (Å²) in [5.41, 5.74) is 1.46. The topological polar surface area (TPSA) is 143 Å². The molecule has 6 atom stereocenters. The van der Waals surface area contributed by atoms with E-state index in [1.807, 2.05) is 6.26 Å². The van der Waals surface area contributed by atoms with Crippen molar-refractivity contribution in [3.63, 3.8) is 0 Å². The maximum absolute atomic E-state index is 14.4. The number of Topliss-reactive ketones (excluding diaryl/α,β-unsaturated/α-hetero) is 2. The van der Waals surface area contributed by atoms with Gasteiger partial charge in [0.25, 0.3) is 0 Å². The lowest BCUT2D eigenvalue weighted by Crippen LogP contribution is -2.48. The van der Waals surface area contributed by atoms with E-state index in [1.165, 1.54) is 18.2 Å². The molecule has 0 radical (unpaired) electrons. The zero-order valence-electron chi connectivity index (χ0n) is 22.8. The molecule has 2 aromatic rings. The lowest BCUT2D eigenvalue weighted by molar-refractivity contribution is -0.216. The molecule has 3 N–H and O–H groups in total. The van der Waals surface area contributed by atoms with Crippen LogP contribution in [-0.4, -0.2) is 80.4 Å². The summed E-state index contributed by atoms with van der Waals surface area (Å²) in [5, 5.41) is 31.4. The third-order valence-electron chi connectivity index (χ3n) is 8.09. The van der Waals surface area contributed by atoms with E-state index >= 15 is 0 Å². The molecule has 0 aromatic heterocycles. The van der Waals surface area contributed by atoms with Gasteiger partial charge in [0.1, 0.15) is 29.3 Å². The predicted octanol–water partition coefficient (Wildman–Crippen LogP) is 3.11. The minimum atomic E-state index is -1.09. The number of ether oxygens (including phenoxy) is 3. The summed E-state index contributed by atoms with van der Waals surface area (Å²) in [5.74, 6) is -0.826. The molecule has 1 aliphatic carbocycles. The normalized spacial score (nSPS) is 28.6.